The number of ether oxygens (including phenoxy) is 3. The van der Waals surface area contributed by atoms with Crippen LogP contribution in [-0.4, -0.2) is 54.0 Å². The van der Waals surface area contributed by atoms with Gasteiger partial charge in [0.2, 0.25) is 0 Å². The first-order valence-electron chi connectivity index (χ1n) is 4.44. The molecule has 2 saturated heterocycles. The zero-order valence-corrected chi connectivity index (χ0v) is 7.41. The minimum atomic E-state index is -1.24. The number of rotatable bonds is 2. The van der Waals surface area contributed by atoms with Gasteiger partial charge in [-0.1, -0.05) is 0 Å². The molecule has 80 valence electrons. The molecule has 6 heteroatoms. The molecule has 5 unspecified atom stereocenters. The van der Waals surface area contributed by atoms with Crippen molar-refractivity contribution < 1.29 is 29.2 Å². The molecule has 2 fully saturated rings. The van der Waals surface area contributed by atoms with Gasteiger partial charge in [-0.3, -0.25) is 0 Å². The number of fused-ring (bicyclic) bond motifs is 1. The van der Waals surface area contributed by atoms with Crippen LogP contribution in [0.5, 0.6) is 0 Å². The van der Waals surface area contributed by atoms with Crippen molar-refractivity contribution in [3.05, 3.63) is 0 Å². The highest BCUT2D eigenvalue weighted by Gasteiger charge is 2.46. The normalized spacial score (nSPS) is 47.4. The summed E-state index contributed by atoms with van der Waals surface area (Å²) in [5.41, 5.74) is 0. The Morgan fingerprint density at radius 2 is 2.14 bits per heavy atom. The number of carbonyl (C=O) groups excluding carboxylic acids is 1. The lowest BCUT2D eigenvalue weighted by Gasteiger charge is -2.31. The van der Waals surface area contributed by atoms with Crippen LogP contribution in [0, 0.1) is 0 Å². The van der Waals surface area contributed by atoms with E-state index in [0.29, 0.717) is 6.29 Å². The van der Waals surface area contributed by atoms with Gasteiger partial charge in [0, 0.05) is 0 Å². The highest BCUT2D eigenvalue weighted by Crippen LogP contribution is 2.28. The number of hydrogen-bond donors (Lipinski definition) is 2. The van der Waals surface area contributed by atoms with Gasteiger partial charge in [-0.15, -0.1) is 0 Å². The summed E-state index contributed by atoms with van der Waals surface area (Å²) in [4.78, 5) is 10.2. The maximum absolute atomic E-state index is 10.2. The molecule has 0 saturated carbocycles. The molecule has 5 atom stereocenters. The molecule has 0 amide bonds. The van der Waals surface area contributed by atoms with Crippen LogP contribution in [0.1, 0.15) is 6.42 Å². The predicted octanol–water partition coefficient (Wildman–Crippen LogP) is -1.61. The fourth-order valence-corrected chi connectivity index (χ4v) is 1.65. The summed E-state index contributed by atoms with van der Waals surface area (Å²) in [5, 5.41) is 18.6. The molecule has 6 nitrogen and oxygen atoms in total. The molecule has 2 rings (SSSR count). The second kappa shape index (κ2) is 3.92. The van der Waals surface area contributed by atoms with Gasteiger partial charge in [0.05, 0.1) is 13.0 Å². The molecular formula is C8H12O6. The van der Waals surface area contributed by atoms with E-state index in [9.17, 15) is 9.90 Å². The first-order chi connectivity index (χ1) is 6.72. The van der Waals surface area contributed by atoms with Gasteiger partial charge in [0.25, 0.3) is 0 Å². The average molecular weight is 204 g/mol. The number of carbonyl (C=O) groups is 1. The highest BCUT2D eigenvalue weighted by atomic mass is 16.8. The van der Waals surface area contributed by atoms with Crippen LogP contribution in [0.2, 0.25) is 0 Å². The number of aliphatic hydroxyl groups is 2. The lowest BCUT2D eigenvalue weighted by Crippen LogP contribution is -2.51. The zero-order valence-electron chi connectivity index (χ0n) is 7.41. The molecule has 2 heterocycles. The number of aldehydes is 1. The number of hydrogen-bond acceptors (Lipinski definition) is 6. The summed E-state index contributed by atoms with van der Waals surface area (Å²) in [6.45, 7) is 0.165. The SMILES string of the molecule is O=CCC1OC2COC(O)C(O)C2O1. The molecule has 0 bridgehead atoms. The largest absolute Gasteiger partial charge is 0.385 e. The Hall–Kier alpha value is -0.530. The van der Waals surface area contributed by atoms with E-state index in [0.717, 1.165) is 0 Å². The molecule has 14 heavy (non-hydrogen) atoms. The Morgan fingerprint density at radius 3 is 2.86 bits per heavy atom. The molecule has 0 radical (unpaired) electrons. The second-order valence-electron chi connectivity index (χ2n) is 3.32. The van der Waals surface area contributed by atoms with Crippen molar-refractivity contribution in [1.82, 2.24) is 0 Å². The van der Waals surface area contributed by atoms with E-state index < -0.39 is 30.9 Å². The van der Waals surface area contributed by atoms with E-state index in [2.05, 4.69) is 0 Å². The van der Waals surface area contributed by atoms with E-state index in [1.807, 2.05) is 0 Å². The molecular weight excluding hydrogens is 192 g/mol. The summed E-state index contributed by atoms with van der Waals surface area (Å²) in [6.07, 6.45) is -3.20. The van der Waals surface area contributed by atoms with E-state index in [4.69, 9.17) is 19.3 Å². The first-order valence-corrected chi connectivity index (χ1v) is 4.44. The van der Waals surface area contributed by atoms with E-state index in [1.54, 1.807) is 0 Å². The molecule has 2 N–H and O–H groups in total. The minimum absolute atomic E-state index is 0.121. The van der Waals surface area contributed by atoms with Crippen LogP contribution in [0.3, 0.4) is 0 Å². The topological polar surface area (TPSA) is 85.2 Å². The summed E-state index contributed by atoms with van der Waals surface area (Å²) >= 11 is 0. The Balaban J connectivity index is 1.99. The smallest absolute Gasteiger partial charge is 0.183 e. The van der Waals surface area contributed by atoms with Crippen molar-refractivity contribution in [1.29, 1.82) is 0 Å². The predicted molar refractivity (Wildman–Crippen MR) is 42.2 cm³/mol. The third-order valence-electron chi connectivity index (χ3n) is 2.35. The van der Waals surface area contributed by atoms with Gasteiger partial charge < -0.3 is 29.2 Å². The average Bonchev–Trinajstić information content (AvgIpc) is 2.56. The number of aliphatic hydroxyl groups excluding tert-OH is 2. The van der Waals surface area contributed by atoms with Gasteiger partial charge in [-0.05, 0) is 0 Å². The van der Waals surface area contributed by atoms with E-state index in [-0.39, 0.29) is 13.0 Å². The molecule has 0 aliphatic carbocycles. The van der Waals surface area contributed by atoms with Gasteiger partial charge in [0.15, 0.2) is 12.6 Å². The molecule has 0 aromatic carbocycles. The molecule has 0 spiro atoms. The van der Waals surface area contributed by atoms with Gasteiger partial charge >= 0.3 is 0 Å². The lowest BCUT2D eigenvalue weighted by molar-refractivity contribution is -0.229. The Bertz CT molecular complexity index is 220. The fraction of sp³-hybridized carbons (Fsp3) is 0.875. The van der Waals surface area contributed by atoms with Crippen molar-refractivity contribution >= 4 is 6.29 Å². The van der Waals surface area contributed by atoms with Gasteiger partial charge in [-0.25, -0.2) is 0 Å². The maximum Gasteiger partial charge on any atom is 0.183 e. The third-order valence-corrected chi connectivity index (χ3v) is 2.35. The van der Waals surface area contributed by atoms with Crippen molar-refractivity contribution in [3.8, 4) is 0 Å². The van der Waals surface area contributed by atoms with E-state index >= 15 is 0 Å². The quantitative estimate of drug-likeness (QED) is 0.527. The van der Waals surface area contributed by atoms with Crippen LogP contribution < -0.4 is 0 Å². The van der Waals surface area contributed by atoms with E-state index in [1.165, 1.54) is 0 Å². The third kappa shape index (κ3) is 1.67. The summed E-state index contributed by atoms with van der Waals surface area (Å²) in [7, 11) is 0. The summed E-state index contributed by atoms with van der Waals surface area (Å²) in [5.74, 6) is 0. The minimum Gasteiger partial charge on any atom is -0.385 e. The standard InChI is InChI=1S/C8H12O6/c9-2-1-5-13-4-3-12-8(11)6(10)7(4)14-5/h2,4-8,10-11H,1,3H2. The Kier molecular flexibility index (Phi) is 2.80. The molecule has 0 aromatic heterocycles. The molecule has 0 aromatic rings. The fourth-order valence-electron chi connectivity index (χ4n) is 1.65. The lowest BCUT2D eigenvalue weighted by atomic mass is 10.1. The van der Waals surface area contributed by atoms with Crippen LogP contribution in [0.25, 0.3) is 0 Å². The van der Waals surface area contributed by atoms with Crippen molar-refractivity contribution in [3.63, 3.8) is 0 Å². The maximum atomic E-state index is 10.2. The second-order valence-corrected chi connectivity index (χ2v) is 3.32. The van der Waals surface area contributed by atoms with Crippen LogP contribution in [0.15, 0.2) is 0 Å². The van der Waals surface area contributed by atoms with Crippen molar-refractivity contribution in [2.45, 2.75) is 37.3 Å². The van der Waals surface area contributed by atoms with Crippen LogP contribution in [0.4, 0.5) is 0 Å². The summed E-state index contributed by atoms with van der Waals surface area (Å²) < 4.78 is 15.4. The van der Waals surface area contributed by atoms with Gasteiger partial charge in [-0.2, -0.15) is 0 Å². The van der Waals surface area contributed by atoms with Crippen molar-refractivity contribution in [2.24, 2.45) is 0 Å². The van der Waals surface area contributed by atoms with Crippen LogP contribution in [-0.2, 0) is 19.0 Å². The van der Waals surface area contributed by atoms with Crippen molar-refractivity contribution in [2.75, 3.05) is 6.61 Å². The first kappa shape index (κ1) is 10.0. The zero-order chi connectivity index (χ0) is 10.1. The Labute approximate surface area is 80.4 Å². The molecule has 2 aliphatic rings. The summed E-state index contributed by atoms with van der Waals surface area (Å²) in [6, 6.07) is 0. The Morgan fingerprint density at radius 1 is 1.36 bits per heavy atom. The van der Waals surface area contributed by atoms with Crippen LogP contribution >= 0.6 is 0 Å². The van der Waals surface area contributed by atoms with Gasteiger partial charge in [0.1, 0.15) is 24.6 Å². The monoisotopic (exact) mass is 204 g/mol. The molecule has 2 aliphatic heterocycles. The highest BCUT2D eigenvalue weighted by molar-refractivity contribution is 5.49.